The Hall–Kier alpha value is -5.38. The number of nitro groups is 1. The van der Waals surface area contributed by atoms with E-state index in [0.29, 0.717) is 12.4 Å². The fraction of sp³-hybridized carbons (Fsp3) is 0.103. The van der Waals surface area contributed by atoms with Gasteiger partial charge in [0.05, 0.1) is 23.1 Å². The van der Waals surface area contributed by atoms with E-state index in [0.717, 1.165) is 21.8 Å². The van der Waals surface area contributed by atoms with Gasteiger partial charge in [-0.25, -0.2) is 9.36 Å². The number of methoxy groups -OCH3 is 1. The third-order valence-electron chi connectivity index (χ3n) is 6.05. The predicted molar refractivity (Wildman–Crippen MR) is 145 cm³/mol. The molecule has 1 heterocycles. The first-order valence-electron chi connectivity index (χ1n) is 11.9. The van der Waals surface area contributed by atoms with Crippen molar-refractivity contribution >= 4 is 16.6 Å². The van der Waals surface area contributed by atoms with E-state index < -0.39 is 21.9 Å². The number of benzene rings is 4. The van der Waals surface area contributed by atoms with Crippen LogP contribution in [0.3, 0.4) is 0 Å². The lowest BCUT2D eigenvalue weighted by atomic mass is 10.1. The van der Waals surface area contributed by atoms with Crippen LogP contribution in [0.25, 0.3) is 16.6 Å². The summed E-state index contributed by atoms with van der Waals surface area (Å²) in [5.74, 6) is 0.248. The number of aromatic nitrogens is 2. The molecular formula is C29H23N3O7. The van der Waals surface area contributed by atoms with Gasteiger partial charge < -0.3 is 19.2 Å². The molecule has 10 heteroatoms. The summed E-state index contributed by atoms with van der Waals surface area (Å²) in [7, 11) is 1.28. The van der Waals surface area contributed by atoms with Gasteiger partial charge in [-0.15, -0.1) is 0 Å². The van der Waals surface area contributed by atoms with Gasteiger partial charge in [0.15, 0.2) is 5.75 Å². The Balaban J connectivity index is 1.53. The van der Waals surface area contributed by atoms with E-state index in [-0.39, 0.29) is 34.7 Å². The number of aromatic amines is 1. The van der Waals surface area contributed by atoms with Crippen molar-refractivity contribution in [3.8, 4) is 22.9 Å². The summed E-state index contributed by atoms with van der Waals surface area (Å²) in [6.07, 6.45) is 0. The highest BCUT2D eigenvalue weighted by Crippen LogP contribution is 2.41. The maximum Gasteiger partial charge on any atom is 0.333 e. The smallest absolute Gasteiger partial charge is 0.333 e. The molecular weight excluding hydrogens is 502 g/mol. The van der Waals surface area contributed by atoms with Gasteiger partial charge >= 0.3 is 11.4 Å². The number of nitrogens with zero attached hydrogens (tertiary/aromatic N) is 2. The van der Waals surface area contributed by atoms with Gasteiger partial charge in [0.25, 0.3) is 5.56 Å². The van der Waals surface area contributed by atoms with Crippen LogP contribution < -0.4 is 25.5 Å². The van der Waals surface area contributed by atoms with Crippen LogP contribution in [0, 0.1) is 10.1 Å². The number of H-pyrrole nitrogens is 1. The Morgan fingerprint density at radius 2 is 1.41 bits per heavy atom. The fourth-order valence-electron chi connectivity index (χ4n) is 4.16. The highest BCUT2D eigenvalue weighted by molar-refractivity contribution is 5.90. The Labute approximate surface area is 221 Å². The molecule has 0 radical (unpaired) electrons. The van der Waals surface area contributed by atoms with Crippen LogP contribution in [0.4, 0.5) is 5.69 Å². The lowest BCUT2D eigenvalue weighted by molar-refractivity contribution is -0.385. The molecule has 1 aromatic heterocycles. The molecule has 0 saturated heterocycles. The summed E-state index contributed by atoms with van der Waals surface area (Å²) in [6, 6.07) is 26.2. The van der Waals surface area contributed by atoms with Gasteiger partial charge in [-0.05, 0) is 35.4 Å². The number of fused-ring (bicyclic) bond motifs is 1. The minimum absolute atomic E-state index is 0.000210. The van der Waals surface area contributed by atoms with E-state index in [9.17, 15) is 19.7 Å². The molecule has 0 aliphatic heterocycles. The van der Waals surface area contributed by atoms with E-state index in [1.165, 1.54) is 7.11 Å². The average Bonchev–Trinajstić information content (AvgIpc) is 2.96. The highest BCUT2D eigenvalue weighted by atomic mass is 16.6. The number of rotatable bonds is 9. The quantitative estimate of drug-likeness (QED) is 0.217. The molecule has 0 bridgehead atoms. The monoisotopic (exact) mass is 525 g/mol. The molecule has 5 aromatic rings. The zero-order valence-electron chi connectivity index (χ0n) is 20.8. The van der Waals surface area contributed by atoms with Crippen LogP contribution in [-0.4, -0.2) is 21.6 Å². The third-order valence-corrected chi connectivity index (χ3v) is 6.05. The molecule has 4 aromatic carbocycles. The number of nitro benzene ring substituents is 1. The zero-order valence-corrected chi connectivity index (χ0v) is 20.8. The summed E-state index contributed by atoms with van der Waals surface area (Å²) in [5, 5.41) is 11.9. The van der Waals surface area contributed by atoms with Gasteiger partial charge in [-0.1, -0.05) is 60.7 Å². The Kier molecular flexibility index (Phi) is 7.09. The highest BCUT2D eigenvalue weighted by Gasteiger charge is 2.27. The van der Waals surface area contributed by atoms with Gasteiger partial charge in [0, 0.05) is 6.07 Å². The molecule has 0 saturated carbocycles. The third kappa shape index (κ3) is 5.21. The summed E-state index contributed by atoms with van der Waals surface area (Å²) >= 11 is 0. The van der Waals surface area contributed by atoms with Crippen molar-refractivity contribution in [2.24, 2.45) is 0 Å². The van der Waals surface area contributed by atoms with Crippen molar-refractivity contribution in [3.05, 3.63) is 133 Å². The van der Waals surface area contributed by atoms with E-state index >= 15 is 0 Å². The van der Waals surface area contributed by atoms with Crippen molar-refractivity contribution < 1.29 is 19.1 Å². The molecule has 39 heavy (non-hydrogen) atoms. The minimum atomic E-state index is -0.747. The second-order valence-electron chi connectivity index (χ2n) is 8.55. The van der Waals surface area contributed by atoms with Crippen molar-refractivity contribution in [2.45, 2.75) is 13.2 Å². The molecule has 0 spiro atoms. The van der Waals surface area contributed by atoms with Gasteiger partial charge in [-0.2, -0.15) is 0 Å². The van der Waals surface area contributed by atoms with Crippen molar-refractivity contribution in [1.29, 1.82) is 0 Å². The molecule has 5 rings (SSSR count). The summed E-state index contributed by atoms with van der Waals surface area (Å²) in [6.45, 7) is 0.373. The maximum absolute atomic E-state index is 13.5. The van der Waals surface area contributed by atoms with E-state index in [2.05, 4.69) is 4.98 Å². The SMILES string of the molecule is COc1c(OCc2ccccc2)c([N+](=O)[O-])cc2c(=O)n(-c3ccc(OCc4ccccc4)cc3)c(=O)[nH]c12. The standard InChI is InChI=1S/C29H23N3O7/c1-37-27-25-23(16-24(32(35)36)26(27)39-18-20-10-6-3-7-11-20)28(33)31(29(34)30-25)21-12-14-22(15-13-21)38-17-19-8-4-2-5-9-19/h2-16H,17-18H2,1H3,(H,30,34). The number of hydrogen-bond donors (Lipinski definition) is 1. The lowest BCUT2D eigenvalue weighted by Crippen LogP contribution is -2.33. The molecule has 0 unspecified atom stereocenters. The number of ether oxygens (including phenoxy) is 3. The molecule has 0 fully saturated rings. The Morgan fingerprint density at radius 3 is 1.97 bits per heavy atom. The molecule has 196 valence electrons. The maximum atomic E-state index is 13.5. The molecule has 1 N–H and O–H groups in total. The van der Waals surface area contributed by atoms with Gasteiger partial charge in [-0.3, -0.25) is 14.9 Å². The first kappa shape index (κ1) is 25.3. The molecule has 0 aliphatic rings. The van der Waals surface area contributed by atoms with E-state index in [1.54, 1.807) is 36.4 Å². The van der Waals surface area contributed by atoms with E-state index in [1.807, 2.05) is 48.5 Å². The number of hydrogen-bond acceptors (Lipinski definition) is 7. The summed E-state index contributed by atoms with van der Waals surface area (Å²) in [4.78, 5) is 40.5. The average molecular weight is 526 g/mol. The van der Waals surface area contributed by atoms with Crippen molar-refractivity contribution in [1.82, 2.24) is 9.55 Å². The predicted octanol–water partition coefficient (Wildman–Crippen LogP) is 4.75. The largest absolute Gasteiger partial charge is 0.491 e. The minimum Gasteiger partial charge on any atom is -0.491 e. The second kappa shape index (κ2) is 10.9. The van der Waals surface area contributed by atoms with Crippen LogP contribution in [0.5, 0.6) is 17.2 Å². The van der Waals surface area contributed by atoms with Crippen molar-refractivity contribution in [3.63, 3.8) is 0 Å². The van der Waals surface area contributed by atoms with Crippen molar-refractivity contribution in [2.75, 3.05) is 7.11 Å². The van der Waals surface area contributed by atoms with Crippen LogP contribution in [-0.2, 0) is 13.2 Å². The first-order valence-corrected chi connectivity index (χ1v) is 11.9. The molecule has 0 aliphatic carbocycles. The summed E-state index contributed by atoms with van der Waals surface area (Å²) in [5.41, 5.74) is 0.0758. The topological polar surface area (TPSA) is 126 Å². The van der Waals surface area contributed by atoms with Gasteiger partial charge in [0.2, 0.25) is 5.75 Å². The summed E-state index contributed by atoms with van der Waals surface area (Å²) < 4.78 is 17.8. The van der Waals surface area contributed by atoms with Crippen LogP contribution in [0.1, 0.15) is 11.1 Å². The lowest BCUT2D eigenvalue weighted by Gasteiger charge is -2.14. The number of nitrogens with one attached hydrogen (secondary N) is 1. The normalized spacial score (nSPS) is 10.8. The molecule has 0 amide bonds. The fourth-order valence-corrected chi connectivity index (χ4v) is 4.16. The van der Waals surface area contributed by atoms with Crippen LogP contribution >= 0.6 is 0 Å². The van der Waals surface area contributed by atoms with Crippen LogP contribution in [0.2, 0.25) is 0 Å². The molecule has 10 nitrogen and oxygen atoms in total. The van der Waals surface area contributed by atoms with E-state index in [4.69, 9.17) is 14.2 Å². The zero-order chi connectivity index (χ0) is 27.4. The Morgan fingerprint density at radius 1 is 0.821 bits per heavy atom. The molecule has 0 atom stereocenters. The first-order chi connectivity index (χ1) is 19.0. The van der Waals surface area contributed by atoms with Gasteiger partial charge in [0.1, 0.15) is 24.5 Å². The van der Waals surface area contributed by atoms with Crippen LogP contribution in [0.15, 0.2) is 101 Å². The second-order valence-corrected chi connectivity index (χ2v) is 8.55. The Bertz CT molecular complexity index is 1750.